The van der Waals surface area contributed by atoms with E-state index in [4.69, 9.17) is 14.6 Å². The average Bonchev–Trinajstić information content (AvgIpc) is 2.24. The molecule has 0 aliphatic rings. The molecule has 5 nitrogen and oxygen atoms in total. The first-order valence-electron chi connectivity index (χ1n) is 5.65. The molecule has 0 rings (SSSR count). The van der Waals surface area contributed by atoms with Gasteiger partial charge in [-0.05, 0) is 13.8 Å². The maximum absolute atomic E-state index is 11.3. The van der Waals surface area contributed by atoms with Crippen molar-refractivity contribution in [3.05, 3.63) is 0 Å². The van der Waals surface area contributed by atoms with Crippen LogP contribution in [0.2, 0.25) is 0 Å². The van der Waals surface area contributed by atoms with Gasteiger partial charge in [-0.1, -0.05) is 0 Å². The highest BCUT2D eigenvalue weighted by molar-refractivity contribution is 5.70. The molecule has 0 aromatic rings. The summed E-state index contributed by atoms with van der Waals surface area (Å²) in [4.78, 5) is 13.3. The normalized spacial score (nSPS) is 12.8. The van der Waals surface area contributed by atoms with Crippen molar-refractivity contribution in [1.82, 2.24) is 4.90 Å². The van der Waals surface area contributed by atoms with Gasteiger partial charge in [0, 0.05) is 26.2 Å². The predicted molar refractivity (Wildman–Crippen MR) is 61.2 cm³/mol. The lowest BCUT2D eigenvalue weighted by Gasteiger charge is -2.27. The molecule has 0 saturated carbocycles. The number of ether oxygens (including phenoxy) is 2. The topological polar surface area (TPSA) is 59.0 Å². The molecule has 0 amide bonds. The third kappa shape index (κ3) is 6.76. The number of aliphatic hydroxyl groups is 1. The van der Waals surface area contributed by atoms with Gasteiger partial charge in [-0.15, -0.1) is 0 Å². The number of hydrogen-bond donors (Lipinski definition) is 1. The fourth-order valence-electron chi connectivity index (χ4n) is 1.48. The Morgan fingerprint density at radius 3 is 2.62 bits per heavy atom. The van der Waals surface area contributed by atoms with Gasteiger partial charge < -0.3 is 14.6 Å². The summed E-state index contributed by atoms with van der Waals surface area (Å²) in [5, 5.41) is 8.92. The van der Waals surface area contributed by atoms with Crippen LogP contribution in [-0.4, -0.2) is 62.0 Å². The van der Waals surface area contributed by atoms with E-state index < -0.39 is 0 Å². The fourth-order valence-corrected chi connectivity index (χ4v) is 1.48. The molecule has 96 valence electrons. The molecule has 1 N–H and O–H groups in total. The van der Waals surface area contributed by atoms with Gasteiger partial charge in [-0.2, -0.15) is 0 Å². The smallest absolute Gasteiger partial charge is 0.307 e. The molecule has 0 bridgehead atoms. The van der Waals surface area contributed by atoms with Gasteiger partial charge in [0.2, 0.25) is 0 Å². The standard InChI is InChI=1S/C11H23NO4/c1-4-16-11(14)9-10(2)12(5-7-13)6-8-15-3/h10,13H,4-9H2,1-3H3. The summed E-state index contributed by atoms with van der Waals surface area (Å²) in [6.07, 6.45) is 0.345. The van der Waals surface area contributed by atoms with E-state index in [-0.39, 0.29) is 18.6 Å². The molecule has 0 heterocycles. The van der Waals surface area contributed by atoms with Gasteiger partial charge in [-0.25, -0.2) is 0 Å². The second kappa shape index (κ2) is 9.57. The zero-order valence-electron chi connectivity index (χ0n) is 10.4. The molecule has 0 aromatic carbocycles. The molecule has 0 fully saturated rings. The Balaban J connectivity index is 4.03. The number of carbonyl (C=O) groups is 1. The summed E-state index contributed by atoms with van der Waals surface area (Å²) < 4.78 is 9.87. The minimum atomic E-state index is -0.199. The SMILES string of the molecule is CCOC(=O)CC(C)N(CCO)CCOC. The lowest BCUT2D eigenvalue weighted by Crippen LogP contribution is -2.39. The van der Waals surface area contributed by atoms with E-state index in [0.29, 0.717) is 32.7 Å². The third-order valence-corrected chi connectivity index (χ3v) is 2.36. The van der Waals surface area contributed by atoms with Crippen LogP contribution in [0, 0.1) is 0 Å². The summed E-state index contributed by atoms with van der Waals surface area (Å²) in [6.45, 7) is 6.07. The lowest BCUT2D eigenvalue weighted by atomic mass is 10.2. The summed E-state index contributed by atoms with van der Waals surface area (Å²) in [5.74, 6) is -0.199. The summed E-state index contributed by atoms with van der Waals surface area (Å²) in [7, 11) is 1.63. The van der Waals surface area contributed by atoms with Gasteiger partial charge in [-0.3, -0.25) is 9.69 Å². The number of aliphatic hydroxyl groups excluding tert-OH is 1. The van der Waals surface area contributed by atoms with Crippen molar-refractivity contribution in [2.75, 3.05) is 40.0 Å². The Morgan fingerprint density at radius 1 is 1.44 bits per heavy atom. The summed E-state index contributed by atoms with van der Waals surface area (Å²) >= 11 is 0. The maximum Gasteiger partial charge on any atom is 0.307 e. The third-order valence-electron chi connectivity index (χ3n) is 2.36. The van der Waals surface area contributed by atoms with E-state index in [0.717, 1.165) is 0 Å². The molecule has 0 spiro atoms. The van der Waals surface area contributed by atoms with E-state index in [9.17, 15) is 4.79 Å². The highest BCUT2D eigenvalue weighted by atomic mass is 16.5. The number of methoxy groups -OCH3 is 1. The zero-order valence-corrected chi connectivity index (χ0v) is 10.4. The minimum Gasteiger partial charge on any atom is -0.466 e. The van der Waals surface area contributed by atoms with Crippen LogP contribution in [-0.2, 0) is 14.3 Å². The first kappa shape index (κ1) is 15.3. The lowest BCUT2D eigenvalue weighted by molar-refractivity contribution is -0.144. The maximum atomic E-state index is 11.3. The van der Waals surface area contributed by atoms with Crippen molar-refractivity contribution in [1.29, 1.82) is 0 Å². The molecule has 0 aliphatic carbocycles. The van der Waals surface area contributed by atoms with Crippen molar-refractivity contribution in [3.63, 3.8) is 0 Å². The predicted octanol–water partition coefficient (Wildman–Crippen LogP) is 0.269. The number of carbonyl (C=O) groups excluding carboxylic acids is 1. The highest BCUT2D eigenvalue weighted by Crippen LogP contribution is 2.04. The van der Waals surface area contributed by atoms with E-state index >= 15 is 0 Å². The van der Waals surface area contributed by atoms with Gasteiger partial charge in [0.1, 0.15) is 0 Å². The first-order chi connectivity index (χ1) is 7.65. The Morgan fingerprint density at radius 2 is 2.12 bits per heavy atom. The van der Waals surface area contributed by atoms with Crippen molar-refractivity contribution in [2.24, 2.45) is 0 Å². The number of nitrogens with zero attached hydrogens (tertiary/aromatic N) is 1. The molecule has 1 unspecified atom stereocenters. The van der Waals surface area contributed by atoms with Gasteiger partial charge in [0.25, 0.3) is 0 Å². The van der Waals surface area contributed by atoms with Crippen LogP contribution in [0.1, 0.15) is 20.3 Å². The van der Waals surface area contributed by atoms with Crippen LogP contribution in [0.15, 0.2) is 0 Å². The molecule has 1 atom stereocenters. The second-order valence-electron chi connectivity index (χ2n) is 3.61. The highest BCUT2D eigenvalue weighted by Gasteiger charge is 2.17. The van der Waals surface area contributed by atoms with Gasteiger partial charge >= 0.3 is 5.97 Å². The fraction of sp³-hybridized carbons (Fsp3) is 0.909. The van der Waals surface area contributed by atoms with E-state index in [2.05, 4.69) is 0 Å². The van der Waals surface area contributed by atoms with Crippen LogP contribution >= 0.6 is 0 Å². The van der Waals surface area contributed by atoms with E-state index in [1.807, 2.05) is 11.8 Å². The largest absolute Gasteiger partial charge is 0.466 e. The van der Waals surface area contributed by atoms with Crippen molar-refractivity contribution < 1.29 is 19.4 Å². The molecular formula is C11H23NO4. The molecule has 16 heavy (non-hydrogen) atoms. The van der Waals surface area contributed by atoms with Gasteiger partial charge in [0.15, 0.2) is 0 Å². The Bertz CT molecular complexity index is 187. The monoisotopic (exact) mass is 233 g/mol. The molecule has 0 radical (unpaired) electrons. The minimum absolute atomic E-state index is 0.0568. The molecule has 0 aliphatic heterocycles. The molecular weight excluding hydrogens is 210 g/mol. The Labute approximate surface area is 97.3 Å². The summed E-state index contributed by atoms with van der Waals surface area (Å²) in [6, 6.07) is 0.0568. The van der Waals surface area contributed by atoms with Crippen LogP contribution < -0.4 is 0 Å². The van der Waals surface area contributed by atoms with Crippen LogP contribution in [0.3, 0.4) is 0 Å². The van der Waals surface area contributed by atoms with Crippen molar-refractivity contribution in [2.45, 2.75) is 26.3 Å². The van der Waals surface area contributed by atoms with E-state index in [1.165, 1.54) is 0 Å². The van der Waals surface area contributed by atoms with E-state index in [1.54, 1.807) is 14.0 Å². The molecule has 5 heteroatoms. The Kier molecular flexibility index (Phi) is 9.18. The Hall–Kier alpha value is -0.650. The van der Waals surface area contributed by atoms with Crippen LogP contribution in [0.25, 0.3) is 0 Å². The quantitative estimate of drug-likeness (QED) is 0.579. The first-order valence-corrected chi connectivity index (χ1v) is 5.65. The second-order valence-corrected chi connectivity index (χ2v) is 3.61. The van der Waals surface area contributed by atoms with Gasteiger partial charge in [0.05, 0.1) is 26.2 Å². The number of esters is 1. The average molecular weight is 233 g/mol. The molecule has 0 aromatic heterocycles. The van der Waals surface area contributed by atoms with Crippen molar-refractivity contribution >= 4 is 5.97 Å². The summed E-state index contributed by atoms with van der Waals surface area (Å²) in [5.41, 5.74) is 0. The number of hydrogen-bond acceptors (Lipinski definition) is 5. The van der Waals surface area contributed by atoms with Crippen LogP contribution in [0.4, 0.5) is 0 Å². The molecule has 0 saturated heterocycles. The van der Waals surface area contributed by atoms with Crippen molar-refractivity contribution in [3.8, 4) is 0 Å². The van der Waals surface area contributed by atoms with Crippen LogP contribution in [0.5, 0.6) is 0 Å². The number of rotatable bonds is 9. The zero-order chi connectivity index (χ0) is 12.4.